The third-order valence-electron chi connectivity index (χ3n) is 2.43. The van der Waals surface area contributed by atoms with Gasteiger partial charge in [-0.15, -0.1) is 0 Å². The number of nitrogens with zero attached hydrogens (tertiary/aromatic N) is 2. The molecule has 0 atom stereocenters. The van der Waals surface area contributed by atoms with E-state index in [1.165, 1.54) is 0 Å². The Labute approximate surface area is 86.0 Å². The second kappa shape index (κ2) is 3.77. The Hall–Kier alpha value is -0.770. The third-order valence-corrected chi connectivity index (χ3v) is 2.43. The Morgan fingerprint density at radius 1 is 1.50 bits per heavy atom. The van der Waals surface area contributed by atoms with Crippen molar-refractivity contribution in [3.8, 4) is 0 Å². The Balaban J connectivity index is 2.27. The fraction of sp³-hybridized carbons (Fsp3) is 0.900. The van der Waals surface area contributed by atoms with E-state index >= 15 is 0 Å². The zero-order chi connectivity index (χ0) is 10.9. The molecule has 0 saturated carbocycles. The van der Waals surface area contributed by atoms with Crippen LogP contribution in [0, 0.1) is 5.92 Å². The molecule has 0 aromatic carbocycles. The molecule has 82 valence electrons. The summed E-state index contributed by atoms with van der Waals surface area (Å²) in [7, 11) is 3.56. The highest BCUT2D eigenvalue weighted by Crippen LogP contribution is 2.24. The van der Waals surface area contributed by atoms with Crippen LogP contribution in [0.15, 0.2) is 0 Å². The van der Waals surface area contributed by atoms with Crippen molar-refractivity contribution in [1.29, 1.82) is 0 Å². The van der Waals surface area contributed by atoms with Crippen LogP contribution in [0.1, 0.15) is 20.3 Å². The van der Waals surface area contributed by atoms with Gasteiger partial charge in [-0.25, -0.2) is 4.79 Å². The molecule has 0 aromatic rings. The smallest absolute Gasteiger partial charge is 0.319 e. The van der Waals surface area contributed by atoms with E-state index in [0.717, 1.165) is 19.5 Å². The van der Waals surface area contributed by atoms with Crippen molar-refractivity contribution in [3.63, 3.8) is 0 Å². The summed E-state index contributed by atoms with van der Waals surface area (Å²) >= 11 is 0. The van der Waals surface area contributed by atoms with Gasteiger partial charge >= 0.3 is 6.03 Å². The molecule has 2 N–H and O–H groups in total. The monoisotopic (exact) mass is 199 g/mol. The molecule has 4 heteroatoms. The van der Waals surface area contributed by atoms with Crippen molar-refractivity contribution in [3.05, 3.63) is 0 Å². The highest BCUT2D eigenvalue weighted by Gasteiger charge is 2.33. The molecule has 14 heavy (non-hydrogen) atoms. The summed E-state index contributed by atoms with van der Waals surface area (Å²) in [6, 6.07) is 0.107. The maximum absolute atomic E-state index is 11.5. The summed E-state index contributed by atoms with van der Waals surface area (Å²) in [5.74, 6) is 0.582. The van der Waals surface area contributed by atoms with E-state index in [9.17, 15) is 4.79 Å². The first-order chi connectivity index (χ1) is 6.29. The van der Waals surface area contributed by atoms with Crippen molar-refractivity contribution in [2.24, 2.45) is 11.7 Å². The van der Waals surface area contributed by atoms with Gasteiger partial charge in [0, 0.05) is 32.7 Å². The molecule has 1 rings (SSSR count). The van der Waals surface area contributed by atoms with Gasteiger partial charge in [-0.2, -0.15) is 0 Å². The Kier molecular flexibility index (Phi) is 3.04. The second-order valence-electron chi connectivity index (χ2n) is 5.14. The molecule has 0 aliphatic carbocycles. The van der Waals surface area contributed by atoms with Gasteiger partial charge in [-0.3, -0.25) is 0 Å². The number of likely N-dealkylation sites (tertiary alicyclic amines) is 1. The van der Waals surface area contributed by atoms with Crippen LogP contribution in [0.25, 0.3) is 0 Å². The van der Waals surface area contributed by atoms with Crippen LogP contribution in [0.3, 0.4) is 0 Å². The summed E-state index contributed by atoms with van der Waals surface area (Å²) in [5, 5.41) is 0. The largest absolute Gasteiger partial charge is 0.331 e. The van der Waals surface area contributed by atoms with E-state index in [0.29, 0.717) is 5.92 Å². The summed E-state index contributed by atoms with van der Waals surface area (Å²) in [6.07, 6.45) is 0.990. The van der Waals surface area contributed by atoms with Gasteiger partial charge in [0.05, 0.1) is 0 Å². The number of amides is 2. The molecular weight excluding hydrogens is 178 g/mol. The molecule has 4 nitrogen and oxygen atoms in total. The minimum atomic E-state index is -0.113. The number of urea groups is 1. The van der Waals surface area contributed by atoms with E-state index in [2.05, 4.69) is 0 Å². The molecule has 1 heterocycles. The lowest BCUT2D eigenvalue weighted by molar-refractivity contribution is 0.0875. The quantitative estimate of drug-likeness (QED) is 0.712. The number of carbonyl (C=O) groups is 1. The number of hydrogen-bond acceptors (Lipinski definition) is 2. The molecule has 1 aliphatic rings. The first-order valence-electron chi connectivity index (χ1n) is 5.05. The van der Waals surface area contributed by atoms with E-state index in [1.54, 1.807) is 19.0 Å². The van der Waals surface area contributed by atoms with Crippen LogP contribution in [-0.4, -0.2) is 48.6 Å². The molecule has 1 fully saturated rings. The highest BCUT2D eigenvalue weighted by atomic mass is 16.2. The zero-order valence-electron chi connectivity index (χ0n) is 9.58. The molecule has 0 spiro atoms. The van der Waals surface area contributed by atoms with Gasteiger partial charge in [-0.05, 0) is 26.2 Å². The van der Waals surface area contributed by atoms with E-state index in [4.69, 9.17) is 5.73 Å². The first kappa shape index (κ1) is 11.3. The maximum atomic E-state index is 11.5. The van der Waals surface area contributed by atoms with Gasteiger partial charge in [0.25, 0.3) is 0 Å². The van der Waals surface area contributed by atoms with E-state index in [1.807, 2.05) is 18.7 Å². The van der Waals surface area contributed by atoms with Crippen molar-refractivity contribution in [1.82, 2.24) is 9.80 Å². The Bertz CT molecular complexity index is 214. The van der Waals surface area contributed by atoms with Crippen LogP contribution in [0.4, 0.5) is 4.79 Å². The topological polar surface area (TPSA) is 49.6 Å². The molecule has 1 aliphatic heterocycles. The maximum Gasteiger partial charge on any atom is 0.319 e. The van der Waals surface area contributed by atoms with Gasteiger partial charge in [0.1, 0.15) is 0 Å². The summed E-state index contributed by atoms with van der Waals surface area (Å²) in [6.45, 7) is 5.78. The normalized spacial score (nSPS) is 17.9. The molecule has 0 bridgehead atoms. The second-order valence-corrected chi connectivity index (χ2v) is 5.14. The third kappa shape index (κ3) is 2.87. The lowest BCUT2D eigenvalue weighted by atomic mass is 9.86. The van der Waals surface area contributed by atoms with Crippen molar-refractivity contribution >= 4 is 6.03 Å². The minimum Gasteiger partial charge on any atom is -0.331 e. The van der Waals surface area contributed by atoms with E-state index < -0.39 is 0 Å². The van der Waals surface area contributed by atoms with Gasteiger partial charge in [-0.1, -0.05) is 0 Å². The van der Waals surface area contributed by atoms with Crippen LogP contribution >= 0.6 is 0 Å². The average Bonchev–Trinajstić information content (AvgIpc) is 1.92. The van der Waals surface area contributed by atoms with Crippen molar-refractivity contribution < 1.29 is 4.79 Å². The van der Waals surface area contributed by atoms with Crippen molar-refractivity contribution in [2.45, 2.75) is 25.8 Å². The summed E-state index contributed by atoms with van der Waals surface area (Å²) in [4.78, 5) is 14.9. The first-order valence-corrected chi connectivity index (χ1v) is 5.05. The molecule has 0 unspecified atom stereocenters. The molecule has 1 saturated heterocycles. The number of hydrogen-bond donors (Lipinski definition) is 1. The van der Waals surface area contributed by atoms with Crippen LogP contribution in [-0.2, 0) is 0 Å². The molecule has 0 radical (unpaired) electrons. The number of carbonyl (C=O) groups excluding carboxylic acids is 1. The SMILES string of the molecule is CN(C)C(=O)N1CC(CC(C)(C)N)C1. The average molecular weight is 199 g/mol. The van der Waals surface area contributed by atoms with Gasteiger partial charge in [0.2, 0.25) is 0 Å². The predicted molar refractivity (Wildman–Crippen MR) is 57.0 cm³/mol. The molecular formula is C10H21N3O. The summed E-state index contributed by atoms with van der Waals surface area (Å²) < 4.78 is 0. The van der Waals surface area contributed by atoms with Gasteiger partial charge < -0.3 is 15.5 Å². The standard InChI is InChI=1S/C10H21N3O/c1-10(2,11)5-8-6-13(7-8)9(14)12(3)4/h8H,5-7,11H2,1-4H3. The fourth-order valence-electron chi connectivity index (χ4n) is 1.88. The molecule has 2 amide bonds. The summed E-state index contributed by atoms with van der Waals surface area (Å²) in [5.41, 5.74) is 5.80. The fourth-order valence-corrected chi connectivity index (χ4v) is 1.88. The Morgan fingerprint density at radius 3 is 2.36 bits per heavy atom. The zero-order valence-corrected chi connectivity index (χ0v) is 9.58. The number of rotatable bonds is 2. The van der Waals surface area contributed by atoms with Crippen molar-refractivity contribution in [2.75, 3.05) is 27.2 Å². The van der Waals surface area contributed by atoms with Crippen LogP contribution in [0.5, 0.6) is 0 Å². The number of nitrogens with two attached hydrogens (primary N) is 1. The molecule has 0 aromatic heterocycles. The van der Waals surface area contributed by atoms with E-state index in [-0.39, 0.29) is 11.6 Å². The van der Waals surface area contributed by atoms with Crippen LogP contribution in [0.2, 0.25) is 0 Å². The predicted octanol–water partition coefficient (Wildman–Crippen LogP) is 0.727. The van der Waals surface area contributed by atoms with Crippen LogP contribution < -0.4 is 5.73 Å². The minimum absolute atomic E-state index is 0.107. The van der Waals surface area contributed by atoms with Gasteiger partial charge in [0.15, 0.2) is 0 Å². The highest BCUT2D eigenvalue weighted by molar-refractivity contribution is 5.74. The Morgan fingerprint density at radius 2 is 2.00 bits per heavy atom. The lowest BCUT2D eigenvalue weighted by Crippen LogP contribution is -2.55. The lowest BCUT2D eigenvalue weighted by Gasteiger charge is -2.42.